The van der Waals surface area contributed by atoms with E-state index in [2.05, 4.69) is 15.6 Å². The van der Waals surface area contributed by atoms with Gasteiger partial charge in [-0.3, -0.25) is 9.59 Å². The lowest BCUT2D eigenvalue weighted by atomic mass is 9.87. The molecule has 0 atom stereocenters. The van der Waals surface area contributed by atoms with Crippen LogP contribution in [-0.2, 0) is 4.79 Å². The summed E-state index contributed by atoms with van der Waals surface area (Å²) < 4.78 is 0.853. The maximum absolute atomic E-state index is 12.7. The van der Waals surface area contributed by atoms with Crippen LogP contribution in [0.2, 0.25) is 5.02 Å². The van der Waals surface area contributed by atoms with Crippen LogP contribution in [0.5, 0.6) is 0 Å². The lowest BCUT2D eigenvalue weighted by molar-refractivity contribution is -0.117. The van der Waals surface area contributed by atoms with Crippen molar-refractivity contribution >= 4 is 55.8 Å². The van der Waals surface area contributed by atoms with E-state index in [1.165, 1.54) is 30.6 Å². The Morgan fingerprint density at radius 1 is 1.13 bits per heavy atom. The average molecular weight is 442 g/mol. The molecule has 5 nitrogen and oxygen atoms in total. The minimum absolute atomic E-state index is 0.0214. The molecule has 7 heteroatoms. The molecule has 1 aliphatic rings. The highest BCUT2D eigenvalue weighted by molar-refractivity contribution is 7.22. The van der Waals surface area contributed by atoms with Gasteiger partial charge in [0.25, 0.3) is 5.91 Å². The number of hydrogen-bond acceptors (Lipinski definition) is 4. The monoisotopic (exact) mass is 441 g/mol. The van der Waals surface area contributed by atoms with E-state index in [1.54, 1.807) is 24.3 Å². The Balaban J connectivity index is 1.45. The third kappa shape index (κ3) is 4.82. The first-order valence-electron chi connectivity index (χ1n) is 10.3. The summed E-state index contributed by atoms with van der Waals surface area (Å²) in [6.07, 6.45) is 6.55. The molecule has 0 saturated heterocycles. The number of carbonyl (C=O) groups is 2. The first-order valence-corrected chi connectivity index (χ1v) is 11.5. The molecule has 2 aromatic carbocycles. The van der Waals surface area contributed by atoms with Crippen molar-refractivity contribution < 1.29 is 9.59 Å². The Morgan fingerprint density at radius 2 is 1.93 bits per heavy atom. The number of carbonyl (C=O) groups excluding carboxylic acids is 2. The van der Waals surface area contributed by atoms with Crippen molar-refractivity contribution in [1.82, 2.24) is 4.98 Å². The molecule has 2 amide bonds. The topological polar surface area (TPSA) is 71.1 Å². The number of aromatic nitrogens is 1. The molecule has 0 unspecified atom stereocenters. The zero-order chi connectivity index (χ0) is 21.1. The fourth-order valence-corrected chi connectivity index (χ4v) is 5.11. The number of hydrogen-bond donors (Lipinski definition) is 2. The Hall–Kier alpha value is -2.44. The van der Waals surface area contributed by atoms with E-state index in [9.17, 15) is 9.59 Å². The van der Waals surface area contributed by atoms with Gasteiger partial charge >= 0.3 is 0 Å². The third-order valence-corrected chi connectivity index (χ3v) is 6.80. The summed E-state index contributed by atoms with van der Waals surface area (Å²) in [5.41, 5.74) is 2.80. The first-order chi connectivity index (χ1) is 14.5. The number of halogens is 1. The number of nitrogens with one attached hydrogen (secondary N) is 2. The van der Waals surface area contributed by atoms with Crippen molar-refractivity contribution in [3.05, 3.63) is 52.5 Å². The summed E-state index contributed by atoms with van der Waals surface area (Å²) in [6.45, 7) is 1.90. The second kappa shape index (κ2) is 9.14. The van der Waals surface area contributed by atoms with Crippen LogP contribution in [0.1, 0.15) is 54.4 Å². The van der Waals surface area contributed by atoms with Crippen LogP contribution in [0.15, 0.2) is 36.4 Å². The number of amides is 2. The standard InChI is InChI=1S/C23H24ClN3O2S/c1-14-6-5-9-17(24)21(14)27-22(29)16-10-11-18-19(13-16)30-23(25-18)26-20(28)12-15-7-3-2-4-8-15/h5-6,9-11,13,15H,2-4,7-8,12H2,1H3,(H,27,29)(H,25,26,28). The van der Waals surface area contributed by atoms with Crippen LogP contribution in [-0.4, -0.2) is 16.8 Å². The van der Waals surface area contributed by atoms with E-state index in [0.29, 0.717) is 33.7 Å². The molecular formula is C23H24ClN3O2S. The molecule has 1 fully saturated rings. The van der Waals surface area contributed by atoms with Crippen molar-refractivity contribution in [3.63, 3.8) is 0 Å². The molecule has 0 spiro atoms. The van der Waals surface area contributed by atoms with E-state index in [1.807, 2.05) is 19.1 Å². The van der Waals surface area contributed by atoms with Crippen molar-refractivity contribution in [2.24, 2.45) is 5.92 Å². The van der Waals surface area contributed by atoms with Gasteiger partial charge in [0.05, 0.1) is 20.9 Å². The molecule has 1 saturated carbocycles. The largest absolute Gasteiger partial charge is 0.320 e. The smallest absolute Gasteiger partial charge is 0.255 e. The summed E-state index contributed by atoms with van der Waals surface area (Å²) in [5, 5.41) is 6.90. The second-order valence-electron chi connectivity index (χ2n) is 7.84. The molecule has 4 rings (SSSR count). The van der Waals surface area contributed by atoms with Crippen LogP contribution >= 0.6 is 22.9 Å². The van der Waals surface area contributed by atoms with E-state index in [0.717, 1.165) is 28.6 Å². The zero-order valence-electron chi connectivity index (χ0n) is 16.8. The lowest BCUT2D eigenvalue weighted by Gasteiger charge is -2.20. The van der Waals surface area contributed by atoms with Crippen LogP contribution in [0.4, 0.5) is 10.8 Å². The van der Waals surface area contributed by atoms with Crippen molar-refractivity contribution in [2.45, 2.75) is 45.4 Å². The SMILES string of the molecule is Cc1cccc(Cl)c1NC(=O)c1ccc2nc(NC(=O)CC3CCCCC3)sc2c1. The molecule has 1 aromatic heterocycles. The van der Waals surface area contributed by atoms with Crippen LogP contribution < -0.4 is 10.6 Å². The molecule has 0 bridgehead atoms. The Bertz CT molecular complexity index is 1070. The highest BCUT2D eigenvalue weighted by atomic mass is 35.5. The normalized spacial score (nSPS) is 14.6. The van der Waals surface area contributed by atoms with E-state index in [4.69, 9.17) is 11.6 Å². The number of thiazole rings is 1. The summed E-state index contributed by atoms with van der Waals surface area (Å²) in [7, 11) is 0. The molecule has 0 aliphatic heterocycles. The van der Waals surface area contributed by atoms with E-state index < -0.39 is 0 Å². The fraction of sp³-hybridized carbons (Fsp3) is 0.348. The average Bonchev–Trinajstić information content (AvgIpc) is 3.12. The van der Waals surface area contributed by atoms with Crippen molar-refractivity contribution in [3.8, 4) is 0 Å². The molecule has 30 heavy (non-hydrogen) atoms. The third-order valence-electron chi connectivity index (χ3n) is 5.56. The zero-order valence-corrected chi connectivity index (χ0v) is 18.4. The lowest BCUT2D eigenvalue weighted by Crippen LogP contribution is -2.18. The highest BCUT2D eigenvalue weighted by Crippen LogP contribution is 2.30. The Morgan fingerprint density at radius 3 is 2.70 bits per heavy atom. The van der Waals surface area contributed by atoms with Gasteiger partial charge in [0.1, 0.15) is 0 Å². The second-order valence-corrected chi connectivity index (χ2v) is 9.28. The predicted molar refractivity (Wildman–Crippen MR) is 124 cm³/mol. The summed E-state index contributed by atoms with van der Waals surface area (Å²) in [6, 6.07) is 10.8. The summed E-state index contributed by atoms with van der Waals surface area (Å²) >= 11 is 7.60. The van der Waals surface area contributed by atoms with E-state index in [-0.39, 0.29) is 11.8 Å². The molecular weight excluding hydrogens is 418 g/mol. The maximum atomic E-state index is 12.7. The van der Waals surface area contributed by atoms with Gasteiger partial charge in [-0.25, -0.2) is 4.98 Å². The fourth-order valence-electron chi connectivity index (χ4n) is 3.92. The van der Waals surface area contributed by atoms with Crippen LogP contribution in [0.25, 0.3) is 10.2 Å². The molecule has 156 valence electrons. The first kappa shape index (κ1) is 20.8. The number of anilines is 2. The number of aryl methyl sites for hydroxylation is 1. The maximum Gasteiger partial charge on any atom is 0.255 e. The Kier molecular flexibility index (Phi) is 6.35. The van der Waals surface area contributed by atoms with Gasteiger partial charge in [0, 0.05) is 12.0 Å². The van der Waals surface area contributed by atoms with Gasteiger partial charge in [-0.2, -0.15) is 0 Å². The van der Waals surface area contributed by atoms with Gasteiger partial charge in [-0.05, 0) is 55.5 Å². The molecule has 1 aliphatic carbocycles. The van der Waals surface area contributed by atoms with Crippen molar-refractivity contribution in [1.29, 1.82) is 0 Å². The molecule has 3 aromatic rings. The predicted octanol–water partition coefficient (Wildman–Crippen LogP) is 6.42. The number of para-hydroxylation sites is 1. The van der Waals surface area contributed by atoms with Crippen molar-refractivity contribution in [2.75, 3.05) is 10.6 Å². The van der Waals surface area contributed by atoms with Gasteiger partial charge in [-0.1, -0.05) is 54.3 Å². The van der Waals surface area contributed by atoms with Gasteiger partial charge < -0.3 is 10.6 Å². The minimum atomic E-state index is -0.232. The quantitative estimate of drug-likeness (QED) is 0.479. The summed E-state index contributed by atoms with van der Waals surface area (Å²) in [5.74, 6) is 0.272. The Labute approximate surface area is 184 Å². The van der Waals surface area contributed by atoms with Crippen LogP contribution in [0, 0.1) is 12.8 Å². The number of benzene rings is 2. The van der Waals surface area contributed by atoms with Gasteiger partial charge in [-0.15, -0.1) is 0 Å². The number of nitrogens with zero attached hydrogens (tertiary/aromatic N) is 1. The molecule has 2 N–H and O–H groups in total. The minimum Gasteiger partial charge on any atom is -0.320 e. The number of rotatable bonds is 5. The van der Waals surface area contributed by atoms with Crippen LogP contribution in [0.3, 0.4) is 0 Å². The highest BCUT2D eigenvalue weighted by Gasteiger charge is 2.18. The van der Waals surface area contributed by atoms with E-state index >= 15 is 0 Å². The van der Waals surface area contributed by atoms with Gasteiger partial charge in [0.15, 0.2) is 5.13 Å². The molecule has 1 heterocycles. The summed E-state index contributed by atoms with van der Waals surface area (Å²) in [4.78, 5) is 29.6. The van der Waals surface area contributed by atoms with Gasteiger partial charge in [0.2, 0.25) is 5.91 Å². The number of fused-ring (bicyclic) bond motifs is 1. The molecule has 0 radical (unpaired) electrons.